The number of benzene rings is 1. The van der Waals surface area contributed by atoms with E-state index in [1.54, 1.807) is 5.56 Å². The molecule has 1 aromatic rings. The Kier molecular flexibility index (Phi) is 2.26. The summed E-state index contributed by atoms with van der Waals surface area (Å²) in [4.78, 5) is 5.19. The van der Waals surface area contributed by atoms with Crippen LogP contribution in [0.1, 0.15) is 24.1 Å². The van der Waals surface area contributed by atoms with Crippen LogP contribution in [-0.2, 0) is 6.54 Å². The third-order valence-electron chi connectivity index (χ3n) is 3.79. The highest BCUT2D eigenvalue weighted by atomic mass is 15.3. The first-order chi connectivity index (χ1) is 7.38. The molecule has 1 saturated heterocycles. The fourth-order valence-electron chi connectivity index (χ4n) is 2.94. The molecule has 2 heteroatoms. The Morgan fingerprint density at radius 1 is 1.27 bits per heavy atom. The predicted molar refractivity (Wildman–Crippen MR) is 61.7 cm³/mol. The van der Waals surface area contributed by atoms with Crippen LogP contribution in [0.4, 0.5) is 0 Å². The van der Waals surface area contributed by atoms with Crippen LogP contribution in [0.15, 0.2) is 24.3 Å². The lowest BCUT2D eigenvalue weighted by Gasteiger charge is -2.45. The van der Waals surface area contributed by atoms with E-state index in [-0.39, 0.29) is 0 Å². The molecule has 1 aromatic carbocycles. The van der Waals surface area contributed by atoms with Crippen LogP contribution >= 0.6 is 0 Å². The maximum atomic E-state index is 2.61. The second-order valence-electron chi connectivity index (χ2n) is 4.58. The van der Waals surface area contributed by atoms with Gasteiger partial charge in [-0.1, -0.05) is 31.2 Å². The molecule has 2 aliphatic heterocycles. The van der Waals surface area contributed by atoms with Crippen LogP contribution in [0, 0.1) is 0 Å². The average Bonchev–Trinajstić information content (AvgIpc) is 2.30. The molecule has 0 radical (unpaired) electrons. The average molecular weight is 202 g/mol. The highest BCUT2D eigenvalue weighted by Gasteiger charge is 2.32. The number of likely N-dealkylation sites (N-methyl/N-ethyl adjacent to an activating group) is 1. The Balaban J connectivity index is 2.01. The molecule has 2 nitrogen and oxygen atoms in total. The van der Waals surface area contributed by atoms with Crippen molar-refractivity contribution in [2.24, 2.45) is 0 Å². The van der Waals surface area contributed by atoms with Gasteiger partial charge in [0.05, 0.1) is 0 Å². The van der Waals surface area contributed by atoms with E-state index in [1.807, 2.05) is 0 Å². The van der Waals surface area contributed by atoms with E-state index in [0.717, 1.165) is 6.54 Å². The molecule has 2 bridgehead atoms. The van der Waals surface area contributed by atoms with Gasteiger partial charge in [-0.15, -0.1) is 0 Å². The smallest absolute Gasteiger partial charge is 0.0478 e. The van der Waals surface area contributed by atoms with Crippen molar-refractivity contribution in [1.82, 2.24) is 9.80 Å². The van der Waals surface area contributed by atoms with Crippen molar-refractivity contribution >= 4 is 0 Å². The summed E-state index contributed by atoms with van der Waals surface area (Å²) in [5.41, 5.74) is 3.10. The predicted octanol–water partition coefficient (Wildman–Crippen LogP) is 1.88. The van der Waals surface area contributed by atoms with Gasteiger partial charge in [0.1, 0.15) is 0 Å². The zero-order chi connectivity index (χ0) is 10.3. The van der Waals surface area contributed by atoms with Crippen LogP contribution in [0.2, 0.25) is 0 Å². The summed E-state index contributed by atoms with van der Waals surface area (Å²) in [5.74, 6) is 0. The first-order valence-corrected chi connectivity index (χ1v) is 5.92. The molecule has 0 aromatic heterocycles. The molecule has 2 atom stereocenters. The summed E-state index contributed by atoms with van der Waals surface area (Å²) in [6, 6.07) is 9.58. The summed E-state index contributed by atoms with van der Waals surface area (Å²) >= 11 is 0. The molecule has 0 N–H and O–H groups in total. The minimum Gasteiger partial charge on any atom is -0.296 e. The van der Waals surface area contributed by atoms with Crippen LogP contribution < -0.4 is 0 Å². The molecule has 2 aliphatic rings. The highest BCUT2D eigenvalue weighted by molar-refractivity contribution is 5.33. The van der Waals surface area contributed by atoms with E-state index >= 15 is 0 Å². The van der Waals surface area contributed by atoms with Gasteiger partial charge in [-0.25, -0.2) is 0 Å². The van der Waals surface area contributed by atoms with Crippen molar-refractivity contribution in [3.8, 4) is 0 Å². The van der Waals surface area contributed by atoms with E-state index in [1.165, 1.54) is 31.7 Å². The Hall–Kier alpha value is -0.860. The van der Waals surface area contributed by atoms with Gasteiger partial charge in [-0.05, 0) is 17.7 Å². The van der Waals surface area contributed by atoms with Gasteiger partial charge in [-0.3, -0.25) is 9.80 Å². The maximum absolute atomic E-state index is 2.61. The number of nitrogens with zero attached hydrogens (tertiary/aromatic N) is 2. The Bertz CT molecular complexity index is 361. The monoisotopic (exact) mass is 202 g/mol. The third-order valence-corrected chi connectivity index (χ3v) is 3.79. The van der Waals surface area contributed by atoms with Crippen molar-refractivity contribution in [3.05, 3.63) is 35.4 Å². The van der Waals surface area contributed by atoms with Gasteiger partial charge in [0, 0.05) is 32.2 Å². The van der Waals surface area contributed by atoms with Crippen molar-refractivity contribution in [2.45, 2.75) is 19.5 Å². The van der Waals surface area contributed by atoms with E-state index in [0.29, 0.717) is 6.04 Å². The van der Waals surface area contributed by atoms with Crippen molar-refractivity contribution in [3.63, 3.8) is 0 Å². The summed E-state index contributed by atoms with van der Waals surface area (Å²) < 4.78 is 0. The highest BCUT2D eigenvalue weighted by Crippen LogP contribution is 2.33. The summed E-state index contributed by atoms with van der Waals surface area (Å²) in [6.07, 6.45) is 0. The normalized spacial score (nSPS) is 29.9. The molecule has 0 aliphatic carbocycles. The standard InChI is InChI=1S/C13H18N2/c1-2-15-8-7-14-9-11-5-3-4-6-12(11)13(15)10-14/h3-6,13H,2,7-10H2,1H3. The largest absolute Gasteiger partial charge is 0.296 e. The lowest BCUT2D eigenvalue weighted by atomic mass is 9.92. The zero-order valence-electron chi connectivity index (χ0n) is 9.32. The van der Waals surface area contributed by atoms with Gasteiger partial charge in [0.15, 0.2) is 0 Å². The van der Waals surface area contributed by atoms with Crippen LogP contribution in [0.3, 0.4) is 0 Å². The lowest BCUT2D eigenvalue weighted by molar-refractivity contribution is 0.0596. The molecule has 0 saturated carbocycles. The summed E-state index contributed by atoms with van der Waals surface area (Å²) in [5, 5.41) is 0. The Labute approximate surface area is 91.5 Å². The van der Waals surface area contributed by atoms with E-state index in [4.69, 9.17) is 0 Å². The summed E-state index contributed by atoms with van der Waals surface area (Å²) in [6.45, 7) is 8.29. The molecule has 15 heavy (non-hydrogen) atoms. The number of hydrogen-bond donors (Lipinski definition) is 0. The fraction of sp³-hybridized carbons (Fsp3) is 0.538. The van der Waals surface area contributed by atoms with Crippen molar-refractivity contribution < 1.29 is 0 Å². The number of piperazine rings is 1. The second-order valence-corrected chi connectivity index (χ2v) is 4.58. The molecule has 80 valence electrons. The Morgan fingerprint density at radius 2 is 2.13 bits per heavy atom. The van der Waals surface area contributed by atoms with Gasteiger partial charge in [-0.2, -0.15) is 0 Å². The zero-order valence-corrected chi connectivity index (χ0v) is 9.32. The van der Waals surface area contributed by atoms with Gasteiger partial charge >= 0.3 is 0 Å². The topological polar surface area (TPSA) is 6.48 Å². The van der Waals surface area contributed by atoms with Crippen LogP contribution in [0.5, 0.6) is 0 Å². The molecule has 1 fully saturated rings. The number of rotatable bonds is 1. The maximum Gasteiger partial charge on any atom is 0.0478 e. The van der Waals surface area contributed by atoms with Gasteiger partial charge < -0.3 is 0 Å². The second kappa shape index (κ2) is 3.62. The van der Waals surface area contributed by atoms with E-state index < -0.39 is 0 Å². The molecule has 3 rings (SSSR count). The van der Waals surface area contributed by atoms with Gasteiger partial charge in [0.25, 0.3) is 0 Å². The molecule has 2 unspecified atom stereocenters. The van der Waals surface area contributed by atoms with E-state index in [2.05, 4.69) is 41.0 Å². The van der Waals surface area contributed by atoms with Crippen molar-refractivity contribution in [2.75, 3.05) is 26.2 Å². The lowest BCUT2D eigenvalue weighted by Crippen LogP contribution is -2.50. The first kappa shape index (κ1) is 9.37. The molecular weight excluding hydrogens is 184 g/mol. The van der Waals surface area contributed by atoms with Crippen LogP contribution in [0.25, 0.3) is 0 Å². The van der Waals surface area contributed by atoms with Crippen molar-refractivity contribution in [1.29, 1.82) is 0 Å². The molecule has 0 spiro atoms. The Morgan fingerprint density at radius 3 is 3.00 bits per heavy atom. The molecule has 2 heterocycles. The SMILES string of the molecule is CCN1CCN2Cc3ccccc3C1C2. The molecule has 0 amide bonds. The van der Waals surface area contributed by atoms with E-state index in [9.17, 15) is 0 Å². The third kappa shape index (κ3) is 1.48. The van der Waals surface area contributed by atoms with Gasteiger partial charge in [0.2, 0.25) is 0 Å². The molecular formula is C13H18N2. The number of fused-ring (bicyclic) bond motifs is 4. The van der Waals surface area contributed by atoms with Crippen LogP contribution in [-0.4, -0.2) is 36.0 Å². The first-order valence-electron chi connectivity index (χ1n) is 5.92. The quantitative estimate of drug-likeness (QED) is 0.686. The summed E-state index contributed by atoms with van der Waals surface area (Å²) in [7, 11) is 0. The minimum absolute atomic E-state index is 0.647. The minimum atomic E-state index is 0.647. The fourth-order valence-corrected chi connectivity index (χ4v) is 2.94. The number of hydrogen-bond acceptors (Lipinski definition) is 2.